The van der Waals surface area contributed by atoms with E-state index in [0.29, 0.717) is 5.88 Å². The van der Waals surface area contributed by atoms with Crippen LogP contribution in [0.2, 0.25) is 0 Å². The number of nitrogens with zero attached hydrogens (tertiary/aromatic N) is 3. The van der Waals surface area contributed by atoms with E-state index in [1.807, 2.05) is 30.3 Å². The second-order valence-electron chi connectivity index (χ2n) is 8.86. The molecule has 0 aliphatic carbocycles. The summed E-state index contributed by atoms with van der Waals surface area (Å²) in [5.41, 5.74) is 6.99. The van der Waals surface area contributed by atoms with Crippen LogP contribution < -0.4 is 4.74 Å². The first-order valence-corrected chi connectivity index (χ1v) is 12.5. The smallest absolute Gasteiger partial charge is 0.219 e. The lowest BCUT2D eigenvalue weighted by Gasteiger charge is -2.12. The Balaban J connectivity index is 1.51. The molecular formula is C32H27N3O. The number of fused-ring (bicyclic) bond motifs is 3. The van der Waals surface area contributed by atoms with Crippen LogP contribution in [0.3, 0.4) is 0 Å². The van der Waals surface area contributed by atoms with Crippen LogP contribution in [0.4, 0.5) is 0 Å². The summed E-state index contributed by atoms with van der Waals surface area (Å²) >= 11 is 0. The van der Waals surface area contributed by atoms with E-state index in [1.165, 1.54) is 16.3 Å². The van der Waals surface area contributed by atoms with Gasteiger partial charge in [0.1, 0.15) is 11.6 Å². The fourth-order valence-electron chi connectivity index (χ4n) is 4.94. The van der Waals surface area contributed by atoms with E-state index < -0.39 is 0 Å². The SMILES string of the molecule is CCc1ccc(-n2c3ccccc3c3ccc(-c4cccc(Oc5ccccn5)c4)cc32)nc1CC. The predicted molar refractivity (Wildman–Crippen MR) is 147 cm³/mol. The Morgan fingerprint density at radius 1 is 0.694 bits per heavy atom. The first-order chi connectivity index (χ1) is 17.7. The van der Waals surface area contributed by atoms with Gasteiger partial charge in [-0.05, 0) is 65.9 Å². The second kappa shape index (κ2) is 9.31. The van der Waals surface area contributed by atoms with Crippen molar-refractivity contribution >= 4 is 21.8 Å². The van der Waals surface area contributed by atoms with Crippen molar-refractivity contribution in [1.29, 1.82) is 0 Å². The van der Waals surface area contributed by atoms with Gasteiger partial charge in [0.15, 0.2) is 0 Å². The van der Waals surface area contributed by atoms with Gasteiger partial charge in [0.05, 0.1) is 11.0 Å². The van der Waals surface area contributed by atoms with Crippen LogP contribution >= 0.6 is 0 Å². The van der Waals surface area contributed by atoms with E-state index in [0.717, 1.165) is 52.3 Å². The van der Waals surface area contributed by atoms with E-state index in [2.05, 4.69) is 90.1 Å². The van der Waals surface area contributed by atoms with Crippen molar-refractivity contribution in [1.82, 2.24) is 14.5 Å². The molecule has 0 aliphatic heterocycles. The molecule has 4 nitrogen and oxygen atoms in total. The maximum atomic E-state index is 5.99. The molecule has 0 N–H and O–H groups in total. The molecule has 36 heavy (non-hydrogen) atoms. The van der Waals surface area contributed by atoms with Crippen molar-refractivity contribution in [3.8, 4) is 28.6 Å². The summed E-state index contributed by atoms with van der Waals surface area (Å²) in [5.74, 6) is 2.30. The quantitative estimate of drug-likeness (QED) is 0.247. The lowest BCUT2D eigenvalue weighted by atomic mass is 10.0. The molecule has 0 bridgehead atoms. The normalized spacial score (nSPS) is 11.3. The molecule has 0 saturated carbocycles. The van der Waals surface area contributed by atoms with Gasteiger partial charge in [-0.25, -0.2) is 9.97 Å². The van der Waals surface area contributed by atoms with Gasteiger partial charge >= 0.3 is 0 Å². The van der Waals surface area contributed by atoms with Gasteiger partial charge in [0.2, 0.25) is 5.88 Å². The Labute approximate surface area is 210 Å². The predicted octanol–water partition coefficient (Wildman–Crippen LogP) is 8.16. The average Bonchev–Trinajstić information content (AvgIpc) is 3.27. The zero-order chi connectivity index (χ0) is 24.5. The Hall–Kier alpha value is -4.44. The monoisotopic (exact) mass is 469 g/mol. The minimum absolute atomic E-state index is 0.582. The molecule has 0 spiro atoms. The van der Waals surface area contributed by atoms with Crippen molar-refractivity contribution in [2.24, 2.45) is 0 Å². The van der Waals surface area contributed by atoms with Crippen LogP contribution in [0, 0.1) is 0 Å². The Morgan fingerprint density at radius 2 is 1.53 bits per heavy atom. The largest absolute Gasteiger partial charge is 0.439 e. The molecule has 4 heteroatoms. The number of para-hydroxylation sites is 1. The van der Waals surface area contributed by atoms with Crippen LogP contribution in [0.25, 0.3) is 38.8 Å². The fraction of sp³-hybridized carbons (Fsp3) is 0.125. The van der Waals surface area contributed by atoms with Crippen LogP contribution in [0.5, 0.6) is 11.6 Å². The minimum Gasteiger partial charge on any atom is -0.439 e. The van der Waals surface area contributed by atoms with Crippen molar-refractivity contribution in [2.75, 3.05) is 0 Å². The summed E-state index contributed by atoms with van der Waals surface area (Å²) < 4.78 is 8.28. The van der Waals surface area contributed by atoms with Gasteiger partial charge in [0.25, 0.3) is 0 Å². The second-order valence-corrected chi connectivity index (χ2v) is 8.86. The molecular weight excluding hydrogens is 442 g/mol. The molecule has 0 fully saturated rings. The molecule has 0 atom stereocenters. The number of aromatic nitrogens is 3. The maximum Gasteiger partial charge on any atom is 0.219 e. The molecule has 0 amide bonds. The highest BCUT2D eigenvalue weighted by Crippen LogP contribution is 2.35. The molecule has 0 radical (unpaired) electrons. The molecule has 6 rings (SSSR count). The number of hydrogen-bond donors (Lipinski definition) is 0. The highest BCUT2D eigenvalue weighted by molar-refractivity contribution is 6.10. The van der Waals surface area contributed by atoms with Crippen molar-refractivity contribution < 1.29 is 4.74 Å². The summed E-state index contributed by atoms with van der Waals surface area (Å²) in [6.07, 6.45) is 3.64. The van der Waals surface area contributed by atoms with Gasteiger partial charge in [-0.1, -0.05) is 68.4 Å². The van der Waals surface area contributed by atoms with Crippen molar-refractivity contribution in [2.45, 2.75) is 26.7 Å². The van der Waals surface area contributed by atoms with Crippen LogP contribution in [-0.4, -0.2) is 14.5 Å². The fourth-order valence-corrected chi connectivity index (χ4v) is 4.94. The number of aryl methyl sites for hydroxylation is 2. The number of pyridine rings is 2. The third-order valence-corrected chi connectivity index (χ3v) is 6.70. The van der Waals surface area contributed by atoms with Gasteiger partial charge in [0, 0.05) is 28.7 Å². The summed E-state index contributed by atoms with van der Waals surface area (Å²) in [5, 5.41) is 2.44. The van der Waals surface area contributed by atoms with Crippen LogP contribution in [0.1, 0.15) is 25.1 Å². The van der Waals surface area contributed by atoms with E-state index in [9.17, 15) is 0 Å². The van der Waals surface area contributed by atoms with E-state index in [4.69, 9.17) is 9.72 Å². The van der Waals surface area contributed by atoms with Gasteiger partial charge in [-0.2, -0.15) is 0 Å². The lowest BCUT2D eigenvalue weighted by molar-refractivity contribution is 0.463. The van der Waals surface area contributed by atoms with Gasteiger partial charge < -0.3 is 4.74 Å². The van der Waals surface area contributed by atoms with E-state index in [1.54, 1.807) is 6.20 Å². The first-order valence-electron chi connectivity index (χ1n) is 12.5. The van der Waals surface area contributed by atoms with Crippen molar-refractivity contribution in [3.63, 3.8) is 0 Å². The summed E-state index contributed by atoms with van der Waals surface area (Å²) in [6, 6.07) is 33.4. The summed E-state index contributed by atoms with van der Waals surface area (Å²) in [4.78, 5) is 9.38. The molecule has 0 saturated heterocycles. The molecule has 6 aromatic rings. The Bertz CT molecular complexity index is 1690. The molecule has 3 aromatic heterocycles. The highest BCUT2D eigenvalue weighted by Gasteiger charge is 2.15. The minimum atomic E-state index is 0.582. The Morgan fingerprint density at radius 3 is 2.36 bits per heavy atom. The highest BCUT2D eigenvalue weighted by atomic mass is 16.5. The molecule has 3 heterocycles. The molecule has 0 unspecified atom stereocenters. The number of hydrogen-bond acceptors (Lipinski definition) is 3. The third-order valence-electron chi connectivity index (χ3n) is 6.70. The molecule has 176 valence electrons. The number of benzene rings is 3. The van der Waals surface area contributed by atoms with E-state index >= 15 is 0 Å². The third kappa shape index (κ3) is 3.91. The zero-order valence-electron chi connectivity index (χ0n) is 20.5. The first kappa shape index (κ1) is 22.1. The summed E-state index contributed by atoms with van der Waals surface area (Å²) in [7, 11) is 0. The van der Waals surface area contributed by atoms with Gasteiger partial charge in [-0.3, -0.25) is 4.57 Å². The molecule has 3 aromatic carbocycles. The zero-order valence-corrected chi connectivity index (χ0v) is 20.5. The number of rotatable bonds is 6. The standard InChI is InChI=1S/C32H27N3O/c1-3-22-16-18-31(34-28(22)4-2)35-29-13-6-5-12-26(29)27-17-15-24(21-30(27)35)23-10-9-11-25(20-23)36-32-14-7-8-19-33-32/h5-21H,3-4H2,1-2H3. The van der Waals surface area contributed by atoms with Crippen LogP contribution in [-0.2, 0) is 12.8 Å². The number of ether oxygens (including phenoxy) is 1. The van der Waals surface area contributed by atoms with Crippen LogP contribution in [0.15, 0.2) is 103 Å². The summed E-state index contributed by atoms with van der Waals surface area (Å²) in [6.45, 7) is 4.36. The lowest BCUT2D eigenvalue weighted by Crippen LogP contribution is -2.03. The average molecular weight is 470 g/mol. The molecule has 0 aliphatic rings. The Kier molecular flexibility index (Phi) is 5.70. The topological polar surface area (TPSA) is 39.9 Å². The van der Waals surface area contributed by atoms with Crippen molar-refractivity contribution in [3.05, 3.63) is 115 Å². The van der Waals surface area contributed by atoms with E-state index in [-0.39, 0.29) is 0 Å². The van der Waals surface area contributed by atoms with Gasteiger partial charge in [-0.15, -0.1) is 0 Å². The maximum absolute atomic E-state index is 5.99.